The van der Waals surface area contributed by atoms with E-state index in [0.717, 1.165) is 12.1 Å². The molecule has 0 atom stereocenters. The maximum atomic E-state index is 13.3. The summed E-state index contributed by atoms with van der Waals surface area (Å²) >= 11 is 5.64. The van der Waals surface area contributed by atoms with Crippen LogP contribution in [0.2, 0.25) is 5.02 Å². The van der Waals surface area contributed by atoms with E-state index in [-0.39, 0.29) is 22.2 Å². The van der Waals surface area contributed by atoms with Gasteiger partial charge in [0.1, 0.15) is 5.02 Å². The number of halogens is 4. The van der Waals surface area contributed by atoms with Crippen molar-refractivity contribution in [2.24, 2.45) is 0 Å². The molecule has 2 aromatic rings. The molecular weight excluding hydrogens is 245 g/mol. The van der Waals surface area contributed by atoms with E-state index in [1.807, 2.05) is 0 Å². The second-order valence-electron chi connectivity index (χ2n) is 2.93. The molecule has 1 aromatic heterocycles. The Bertz CT molecular complexity index is 556. The summed E-state index contributed by atoms with van der Waals surface area (Å²) < 4.78 is 43.5. The van der Waals surface area contributed by atoms with Gasteiger partial charge in [-0.05, 0) is 12.1 Å². The fourth-order valence-electron chi connectivity index (χ4n) is 1.16. The molecule has 2 N–H and O–H groups in total. The Morgan fingerprint density at radius 2 is 1.88 bits per heavy atom. The summed E-state index contributed by atoms with van der Waals surface area (Å²) in [5, 5.41) is 3.13. The molecule has 0 aliphatic heterocycles. The number of nitrogens with two attached hydrogens (primary N) is 1. The van der Waals surface area contributed by atoms with Gasteiger partial charge in [-0.1, -0.05) is 16.8 Å². The van der Waals surface area contributed by atoms with Crippen LogP contribution >= 0.6 is 11.6 Å². The fraction of sp³-hybridized carbons (Fsp3) is 0. The number of aromatic nitrogens is 1. The lowest BCUT2D eigenvalue weighted by atomic mass is 10.1. The normalized spacial score (nSPS) is 10.8. The molecule has 7 heteroatoms. The zero-order chi connectivity index (χ0) is 11.9. The topological polar surface area (TPSA) is 52.0 Å². The van der Waals surface area contributed by atoms with Crippen molar-refractivity contribution in [2.75, 3.05) is 5.73 Å². The third-order valence-corrected chi connectivity index (χ3v) is 2.30. The second kappa shape index (κ2) is 3.71. The lowest BCUT2D eigenvalue weighted by molar-refractivity contribution is 0.423. The third-order valence-electron chi connectivity index (χ3n) is 1.94. The van der Waals surface area contributed by atoms with Crippen LogP contribution in [-0.2, 0) is 0 Å². The van der Waals surface area contributed by atoms with Gasteiger partial charge in [-0.25, -0.2) is 13.2 Å². The van der Waals surface area contributed by atoms with Crippen LogP contribution in [0.15, 0.2) is 16.7 Å². The van der Waals surface area contributed by atoms with Gasteiger partial charge in [0.2, 0.25) is 0 Å². The lowest BCUT2D eigenvalue weighted by Crippen LogP contribution is -1.93. The molecule has 0 saturated carbocycles. The quantitative estimate of drug-likeness (QED) is 0.790. The second-order valence-corrected chi connectivity index (χ2v) is 3.31. The van der Waals surface area contributed by atoms with Crippen LogP contribution in [0.25, 0.3) is 11.3 Å². The van der Waals surface area contributed by atoms with E-state index < -0.39 is 17.5 Å². The largest absolute Gasteiger partial charge is 0.380 e. The van der Waals surface area contributed by atoms with E-state index >= 15 is 0 Å². The molecule has 16 heavy (non-hydrogen) atoms. The molecule has 3 nitrogen and oxygen atoms in total. The predicted octanol–water partition coefficient (Wildman–Crippen LogP) is 2.99. The molecule has 0 aliphatic carbocycles. The molecule has 0 amide bonds. The van der Waals surface area contributed by atoms with Crippen LogP contribution < -0.4 is 5.73 Å². The van der Waals surface area contributed by atoms with Crippen molar-refractivity contribution in [2.45, 2.75) is 0 Å². The van der Waals surface area contributed by atoms with Gasteiger partial charge in [0.15, 0.2) is 29.0 Å². The average Bonchev–Trinajstić information content (AvgIpc) is 2.58. The Hall–Kier alpha value is -1.69. The molecule has 1 aromatic carbocycles. The third kappa shape index (κ3) is 1.51. The maximum absolute atomic E-state index is 13.3. The summed E-state index contributed by atoms with van der Waals surface area (Å²) in [5.41, 5.74) is 4.93. The highest BCUT2D eigenvalue weighted by molar-refractivity contribution is 6.35. The standard InChI is InChI=1S/C9H4ClF3N2O/c10-5-8(16-15-9(5)14)3-1-2-4(11)7(13)6(3)12/h1-2H,(H2,14,15). The molecule has 84 valence electrons. The maximum Gasteiger partial charge on any atom is 0.195 e. The van der Waals surface area contributed by atoms with Crippen molar-refractivity contribution in [3.63, 3.8) is 0 Å². The van der Waals surface area contributed by atoms with Crippen LogP contribution in [-0.4, -0.2) is 5.16 Å². The van der Waals surface area contributed by atoms with Gasteiger partial charge in [0.05, 0.1) is 5.56 Å². The number of nitrogens with zero attached hydrogens (tertiary/aromatic N) is 1. The first-order valence-corrected chi connectivity index (χ1v) is 4.44. The number of benzene rings is 1. The lowest BCUT2D eigenvalue weighted by Gasteiger charge is -2.00. The van der Waals surface area contributed by atoms with Gasteiger partial charge < -0.3 is 10.3 Å². The zero-order valence-electron chi connectivity index (χ0n) is 7.60. The Balaban J connectivity index is 2.66. The van der Waals surface area contributed by atoms with Crippen LogP contribution in [0.1, 0.15) is 0 Å². The average molecular weight is 249 g/mol. The number of hydrogen-bond acceptors (Lipinski definition) is 3. The van der Waals surface area contributed by atoms with Crippen molar-refractivity contribution >= 4 is 17.4 Å². The Morgan fingerprint density at radius 1 is 1.19 bits per heavy atom. The molecular formula is C9H4ClF3N2O. The van der Waals surface area contributed by atoms with E-state index in [0.29, 0.717) is 0 Å². The SMILES string of the molecule is Nc1noc(-c2ccc(F)c(F)c2F)c1Cl. The predicted molar refractivity (Wildman–Crippen MR) is 51.2 cm³/mol. The van der Waals surface area contributed by atoms with Gasteiger partial charge in [-0.2, -0.15) is 0 Å². The summed E-state index contributed by atoms with van der Waals surface area (Å²) in [6.45, 7) is 0. The van der Waals surface area contributed by atoms with E-state index in [1.165, 1.54) is 0 Å². The Labute approximate surface area is 92.6 Å². The number of nitrogen functional groups attached to an aromatic ring is 1. The van der Waals surface area contributed by atoms with Crippen molar-refractivity contribution < 1.29 is 17.7 Å². The molecule has 0 saturated heterocycles. The highest BCUT2D eigenvalue weighted by Gasteiger charge is 2.21. The smallest absolute Gasteiger partial charge is 0.195 e. The minimum atomic E-state index is -1.61. The van der Waals surface area contributed by atoms with Gasteiger partial charge in [-0.15, -0.1) is 0 Å². The van der Waals surface area contributed by atoms with Crippen molar-refractivity contribution in [1.29, 1.82) is 0 Å². The molecule has 0 aliphatic rings. The summed E-state index contributed by atoms with van der Waals surface area (Å²) in [7, 11) is 0. The summed E-state index contributed by atoms with van der Waals surface area (Å²) in [6, 6.07) is 1.74. The number of rotatable bonds is 1. The number of hydrogen-bond donors (Lipinski definition) is 1. The molecule has 1 heterocycles. The highest BCUT2D eigenvalue weighted by Crippen LogP contribution is 2.34. The minimum Gasteiger partial charge on any atom is -0.380 e. The first-order valence-electron chi connectivity index (χ1n) is 4.07. The zero-order valence-corrected chi connectivity index (χ0v) is 8.36. The Morgan fingerprint density at radius 3 is 2.44 bits per heavy atom. The molecule has 0 fully saturated rings. The minimum absolute atomic E-state index is 0.148. The first-order chi connectivity index (χ1) is 7.52. The molecule has 0 radical (unpaired) electrons. The van der Waals surface area contributed by atoms with E-state index in [4.69, 9.17) is 17.3 Å². The van der Waals surface area contributed by atoms with Crippen LogP contribution in [0.3, 0.4) is 0 Å². The molecule has 2 rings (SSSR count). The first kappa shape index (κ1) is 10.8. The van der Waals surface area contributed by atoms with Gasteiger partial charge in [0.25, 0.3) is 0 Å². The fourth-order valence-corrected chi connectivity index (χ4v) is 1.33. The van der Waals surface area contributed by atoms with Crippen molar-refractivity contribution in [3.8, 4) is 11.3 Å². The summed E-state index contributed by atoms with van der Waals surface area (Å²) in [5.74, 6) is -4.71. The number of anilines is 1. The molecule has 0 bridgehead atoms. The van der Waals surface area contributed by atoms with Gasteiger partial charge >= 0.3 is 0 Å². The highest BCUT2D eigenvalue weighted by atomic mass is 35.5. The van der Waals surface area contributed by atoms with Crippen LogP contribution in [0, 0.1) is 17.5 Å². The monoisotopic (exact) mass is 248 g/mol. The van der Waals surface area contributed by atoms with Gasteiger partial charge in [0, 0.05) is 0 Å². The summed E-state index contributed by atoms with van der Waals surface area (Å²) in [4.78, 5) is 0. The molecule has 0 spiro atoms. The summed E-state index contributed by atoms with van der Waals surface area (Å²) in [6.07, 6.45) is 0. The van der Waals surface area contributed by atoms with E-state index in [9.17, 15) is 13.2 Å². The van der Waals surface area contributed by atoms with E-state index in [1.54, 1.807) is 0 Å². The van der Waals surface area contributed by atoms with Crippen molar-refractivity contribution in [3.05, 3.63) is 34.6 Å². The van der Waals surface area contributed by atoms with Crippen LogP contribution in [0.5, 0.6) is 0 Å². The Kier molecular flexibility index (Phi) is 2.51. The van der Waals surface area contributed by atoms with Crippen LogP contribution in [0.4, 0.5) is 19.0 Å². The van der Waals surface area contributed by atoms with Gasteiger partial charge in [-0.3, -0.25) is 0 Å². The van der Waals surface area contributed by atoms with E-state index in [2.05, 4.69) is 9.68 Å². The van der Waals surface area contributed by atoms with Crippen molar-refractivity contribution in [1.82, 2.24) is 5.16 Å². The molecule has 0 unspecified atom stereocenters.